The van der Waals surface area contributed by atoms with Crippen molar-refractivity contribution in [3.63, 3.8) is 0 Å². The van der Waals surface area contributed by atoms with Crippen molar-refractivity contribution < 1.29 is 8.83 Å². The summed E-state index contributed by atoms with van der Waals surface area (Å²) in [6.45, 7) is 4.71. The summed E-state index contributed by atoms with van der Waals surface area (Å²) in [6.07, 6.45) is 0. The summed E-state index contributed by atoms with van der Waals surface area (Å²) in [5, 5.41) is 6.89. The zero-order chi connectivity index (χ0) is 45.8. The van der Waals surface area contributed by atoms with E-state index in [1.54, 1.807) is 0 Å². The number of hydrogen-bond acceptors (Lipinski definition) is 4. The number of para-hydroxylation sites is 2. The molecule has 4 nitrogen and oxygen atoms in total. The Balaban J connectivity index is 0.957. The van der Waals surface area contributed by atoms with Crippen LogP contribution in [-0.4, -0.2) is 9.97 Å². The summed E-state index contributed by atoms with van der Waals surface area (Å²) >= 11 is 0. The zero-order valence-electron chi connectivity index (χ0n) is 38.0. The molecule has 14 rings (SSSR count). The second-order valence-electron chi connectivity index (χ2n) is 18.9. The molecule has 0 radical (unpaired) electrons. The van der Waals surface area contributed by atoms with Crippen LogP contribution < -0.4 is 0 Å². The molecule has 3 heterocycles. The van der Waals surface area contributed by atoms with E-state index < -0.39 is 0 Å². The van der Waals surface area contributed by atoms with Crippen LogP contribution in [0.5, 0.6) is 0 Å². The highest BCUT2D eigenvalue weighted by atomic mass is 16.3. The molecular formula is C65H42N2O2. The Bertz CT molecular complexity index is 4100. The first-order chi connectivity index (χ1) is 33.9. The molecular weight excluding hydrogens is 841 g/mol. The van der Waals surface area contributed by atoms with E-state index in [2.05, 4.69) is 190 Å². The van der Waals surface area contributed by atoms with Gasteiger partial charge in [-0.1, -0.05) is 153 Å². The number of benzene rings is 10. The summed E-state index contributed by atoms with van der Waals surface area (Å²) in [4.78, 5) is 10.7. The van der Waals surface area contributed by atoms with Crippen molar-refractivity contribution in [3.8, 4) is 78.4 Å². The second-order valence-corrected chi connectivity index (χ2v) is 18.9. The van der Waals surface area contributed by atoms with Crippen LogP contribution >= 0.6 is 0 Å². The zero-order valence-corrected chi connectivity index (χ0v) is 38.0. The SMILES string of the molecule is CC1(C)c2cc3ccccc3cc2-c2c(-c3cccc(-c4cc(-c5cc(-c6ccc7oc8ccccc8c7c6)cc(-c6ccc7oc8ccccc8c7c6)c5)nc(-c5ccccc5)n4)c3)cccc21. The maximum Gasteiger partial charge on any atom is 0.160 e. The highest BCUT2D eigenvalue weighted by Crippen LogP contribution is 2.53. The molecule has 0 spiro atoms. The van der Waals surface area contributed by atoms with Crippen molar-refractivity contribution in [2.45, 2.75) is 19.3 Å². The van der Waals surface area contributed by atoms with Crippen LogP contribution in [0.1, 0.15) is 25.0 Å². The van der Waals surface area contributed by atoms with Crippen LogP contribution in [0, 0.1) is 0 Å². The van der Waals surface area contributed by atoms with Gasteiger partial charge in [0.2, 0.25) is 0 Å². The van der Waals surface area contributed by atoms with Crippen LogP contribution in [0.2, 0.25) is 0 Å². The van der Waals surface area contributed by atoms with E-state index in [4.69, 9.17) is 18.8 Å². The average Bonchev–Trinajstić information content (AvgIpc) is 4.04. The van der Waals surface area contributed by atoms with Crippen LogP contribution in [-0.2, 0) is 5.41 Å². The number of aromatic nitrogens is 2. The van der Waals surface area contributed by atoms with Gasteiger partial charge in [-0.2, -0.15) is 0 Å². The van der Waals surface area contributed by atoms with Crippen molar-refractivity contribution in [2.75, 3.05) is 0 Å². The predicted octanol–water partition coefficient (Wildman–Crippen LogP) is 17.7. The van der Waals surface area contributed by atoms with Gasteiger partial charge in [0.25, 0.3) is 0 Å². The topological polar surface area (TPSA) is 52.1 Å². The van der Waals surface area contributed by atoms with E-state index in [0.717, 1.165) is 99.8 Å². The third kappa shape index (κ3) is 6.37. The highest BCUT2D eigenvalue weighted by Gasteiger charge is 2.37. The highest BCUT2D eigenvalue weighted by molar-refractivity contribution is 6.08. The Hall–Kier alpha value is -8.86. The Labute approximate surface area is 398 Å². The molecule has 0 saturated carbocycles. The van der Waals surface area contributed by atoms with Gasteiger partial charge in [0.15, 0.2) is 5.82 Å². The summed E-state index contributed by atoms with van der Waals surface area (Å²) in [5.74, 6) is 0.668. The molecule has 0 fully saturated rings. The van der Waals surface area contributed by atoms with Crippen LogP contribution in [0.25, 0.3) is 133 Å². The largest absolute Gasteiger partial charge is 0.456 e. The lowest BCUT2D eigenvalue weighted by atomic mass is 9.81. The summed E-state index contributed by atoms with van der Waals surface area (Å²) in [7, 11) is 0. The van der Waals surface area contributed by atoms with Crippen molar-refractivity contribution >= 4 is 54.6 Å². The van der Waals surface area contributed by atoms with E-state index in [1.807, 2.05) is 42.5 Å². The third-order valence-electron chi connectivity index (χ3n) is 14.4. The fourth-order valence-electron chi connectivity index (χ4n) is 10.9. The maximum absolute atomic E-state index is 6.28. The molecule has 1 aliphatic rings. The van der Waals surface area contributed by atoms with Gasteiger partial charge in [0, 0.05) is 43.7 Å². The average molecular weight is 883 g/mol. The Morgan fingerprint density at radius 1 is 0.319 bits per heavy atom. The smallest absolute Gasteiger partial charge is 0.160 e. The van der Waals surface area contributed by atoms with E-state index in [1.165, 1.54) is 38.6 Å². The molecule has 0 atom stereocenters. The van der Waals surface area contributed by atoms with Gasteiger partial charge in [0.1, 0.15) is 22.3 Å². The van der Waals surface area contributed by atoms with Crippen LogP contribution in [0.4, 0.5) is 0 Å². The van der Waals surface area contributed by atoms with Crippen molar-refractivity contribution in [3.05, 3.63) is 230 Å². The molecule has 0 unspecified atom stereocenters. The second kappa shape index (κ2) is 15.1. The summed E-state index contributed by atoms with van der Waals surface area (Å²) < 4.78 is 12.6. The van der Waals surface area contributed by atoms with E-state index in [0.29, 0.717) is 5.82 Å². The fourth-order valence-corrected chi connectivity index (χ4v) is 10.9. The van der Waals surface area contributed by atoms with Gasteiger partial charge in [0.05, 0.1) is 11.4 Å². The molecule has 0 N–H and O–H groups in total. The maximum atomic E-state index is 6.28. The lowest BCUT2D eigenvalue weighted by Crippen LogP contribution is -2.14. The quantitative estimate of drug-likeness (QED) is 0.167. The van der Waals surface area contributed by atoms with Crippen LogP contribution in [0.3, 0.4) is 0 Å². The van der Waals surface area contributed by atoms with Crippen molar-refractivity contribution in [1.29, 1.82) is 0 Å². The standard InChI is InChI=1S/C65H42N2O2/c1-65(2)55-23-13-22-49(63(55)54-36-40-16-6-7-17-41(40)37-56(54)65)44-18-12-19-45(30-44)57-38-58(67-64(66-57)39-14-4-3-5-15-39)48-32-46(42-26-28-61-52(34-42)50-20-8-10-24-59(50)68-61)31-47(33-48)43-27-29-62-53(35-43)51-21-9-11-25-60(51)69-62/h3-38H,1-2H3. The minimum atomic E-state index is -0.141. The van der Waals surface area contributed by atoms with E-state index in [-0.39, 0.29) is 5.41 Å². The van der Waals surface area contributed by atoms with Crippen molar-refractivity contribution in [1.82, 2.24) is 9.97 Å². The first-order valence-corrected chi connectivity index (χ1v) is 23.6. The third-order valence-corrected chi connectivity index (χ3v) is 14.4. The Morgan fingerprint density at radius 3 is 1.52 bits per heavy atom. The Morgan fingerprint density at radius 2 is 0.841 bits per heavy atom. The number of furan rings is 2. The molecule has 4 heteroatoms. The van der Waals surface area contributed by atoms with Gasteiger partial charge >= 0.3 is 0 Å². The molecule has 3 aromatic heterocycles. The molecule has 0 amide bonds. The van der Waals surface area contributed by atoms with E-state index in [9.17, 15) is 0 Å². The normalized spacial score (nSPS) is 12.9. The number of fused-ring (bicyclic) bond motifs is 10. The lowest BCUT2D eigenvalue weighted by molar-refractivity contribution is 0.661. The first kappa shape index (κ1) is 39.3. The number of nitrogens with zero attached hydrogens (tertiary/aromatic N) is 2. The number of rotatable bonds is 6. The predicted molar refractivity (Wildman–Crippen MR) is 284 cm³/mol. The molecule has 324 valence electrons. The minimum absolute atomic E-state index is 0.141. The monoisotopic (exact) mass is 882 g/mol. The molecule has 0 bridgehead atoms. The Kier molecular flexibility index (Phi) is 8.59. The first-order valence-electron chi connectivity index (χ1n) is 23.6. The van der Waals surface area contributed by atoms with Gasteiger partial charge < -0.3 is 8.83 Å². The van der Waals surface area contributed by atoms with Gasteiger partial charge in [-0.15, -0.1) is 0 Å². The minimum Gasteiger partial charge on any atom is -0.456 e. The van der Waals surface area contributed by atoms with Crippen LogP contribution in [0.15, 0.2) is 227 Å². The van der Waals surface area contributed by atoms with Gasteiger partial charge in [-0.05, 0) is 145 Å². The fraction of sp³-hybridized carbons (Fsp3) is 0.0462. The molecule has 69 heavy (non-hydrogen) atoms. The van der Waals surface area contributed by atoms with Gasteiger partial charge in [-0.3, -0.25) is 0 Å². The molecule has 1 aliphatic carbocycles. The lowest BCUT2D eigenvalue weighted by Gasteiger charge is -2.22. The van der Waals surface area contributed by atoms with Crippen molar-refractivity contribution in [2.24, 2.45) is 0 Å². The number of hydrogen-bond donors (Lipinski definition) is 0. The van der Waals surface area contributed by atoms with E-state index >= 15 is 0 Å². The van der Waals surface area contributed by atoms with Gasteiger partial charge in [-0.25, -0.2) is 9.97 Å². The molecule has 0 aliphatic heterocycles. The summed E-state index contributed by atoms with van der Waals surface area (Å²) in [6, 6.07) is 78.0. The summed E-state index contributed by atoms with van der Waals surface area (Å²) in [5.41, 5.74) is 20.0. The molecule has 13 aromatic rings. The molecule has 0 saturated heterocycles. The molecule has 10 aromatic carbocycles.